The predicted molar refractivity (Wildman–Crippen MR) is 170 cm³/mol. The number of methoxy groups -OCH3 is 1. The van der Waals surface area contributed by atoms with Gasteiger partial charge in [0, 0.05) is 47.3 Å². The van der Waals surface area contributed by atoms with E-state index in [4.69, 9.17) is 9.47 Å². The van der Waals surface area contributed by atoms with Gasteiger partial charge < -0.3 is 19.7 Å². The molecular weight excluding hydrogens is 566 g/mol. The number of non-ortho nitro benzene ring substituents is 1. The molecule has 0 aromatic heterocycles. The van der Waals surface area contributed by atoms with Crippen molar-refractivity contribution < 1.29 is 24.0 Å². The van der Waals surface area contributed by atoms with Gasteiger partial charge in [-0.05, 0) is 62.4 Å². The lowest BCUT2D eigenvalue weighted by molar-refractivity contribution is -0.384. The Bertz CT molecular complexity index is 1430. The van der Waals surface area contributed by atoms with Gasteiger partial charge in [-0.15, -0.1) is 11.8 Å². The Kier molecular flexibility index (Phi) is 11.6. The maximum absolute atomic E-state index is 13.4. The molecule has 0 amide bonds. The second kappa shape index (κ2) is 14.7. The molecule has 10 heteroatoms. The molecular formula is C33H43N3O6S. The lowest BCUT2D eigenvalue weighted by Crippen LogP contribution is -2.32. The van der Waals surface area contributed by atoms with Crippen molar-refractivity contribution in [3.05, 3.63) is 91.8 Å². The summed E-state index contributed by atoms with van der Waals surface area (Å²) in [5.41, 5.74) is 4.51. The van der Waals surface area contributed by atoms with E-state index in [1.165, 1.54) is 41.3 Å². The monoisotopic (exact) mass is 609 g/mol. The summed E-state index contributed by atoms with van der Waals surface area (Å²) in [5.74, 6) is -1.14. The number of allylic oxidation sites excluding steroid dienone is 2. The van der Waals surface area contributed by atoms with E-state index < -0.39 is 22.8 Å². The standard InChI is InChI=1S/C33H43N3O6S/c1-21-19-25(33(4,5)6)13-14-27(21)43-18-16-35(7)15-10-17-42-32(38)29-23(3)34-22(2)28(31(37)41-8)30(29)24-11-9-12-26(20-24)36(39)40/h9,11-14,19-20,30,34H,10,15-18H2,1-8H3. The van der Waals surface area contributed by atoms with Crippen LogP contribution in [0.2, 0.25) is 0 Å². The van der Waals surface area contributed by atoms with Crippen molar-refractivity contribution in [2.24, 2.45) is 0 Å². The molecule has 2 aromatic carbocycles. The van der Waals surface area contributed by atoms with Crippen LogP contribution in [0.25, 0.3) is 0 Å². The molecule has 0 aliphatic carbocycles. The maximum Gasteiger partial charge on any atom is 0.336 e. The number of rotatable bonds is 12. The molecule has 1 aliphatic rings. The van der Waals surface area contributed by atoms with Gasteiger partial charge in [0.05, 0.1) is 35.7 Å². The fraction of sp³-hybridized carbons (Fsp3) is 0.455. The van der Waals surface area contributed by atoms with Crippen LogP contribution >= 0.6 is 11.8 Å². The summed E-state index contributed by atoms with van der Waals surface area (Å²) in [6.07, 6.45) is 0.631. The molecule has 0 saturated heterocycles. The van der Waals surface area contributed by atoms with Crippen LogP contribution in [0.3, 0.4) is 0 Å². The van der Waals surface area contributed by atoms with Crippen molar-refractivity contribution in [3.8, 4) is 0 Å². The Morgan fingerprint density at radius 3 is 2.30 bits per heavy atom. The van der Waals surface area contributed by atoms with E-state index in [2.05, 4.69) is 56.1 Å². The average Bonchev–Trinajstić information content (AvgIpc) is 2.94. The molecule has 1 heterocycles. The summed E-state index contributed by atoms with van der Waals surface area (Å²) >= 11 is 1.84. The number of hydrogen-bond acceptors (Lipinski definition) is 9. The Balaban J connectivity index is 1.60. The zero-order valence-electron chi connectivity index (χ0n) is 26.4. The highest BCUT2D eigenvalue weighted by atomic mass is 32.2. The van der Waals surface area contributed by atoms with Crippen LogP contribution in [0.1, 0.15) is 63.6 Å². The number of nitro groups is 1. The molecule has 0 bridgehead atoms. The number of dihydropyridines is 1. The lowest BCUT2D eigenvalue weighted by Gasteiger charge is -2.30. The number of hydrogen-bond donors (Lipinski definition) is 1. The number of thioether (sulfide) groups is 1. The fourth-order valence-corrected chi connectivity index (χ4v) is 6.15. The van der Waals surface area contributed by atoms with E-state index >= 15 is 0 Å². The first kappa shape index (κ1) is 33.9. The van der Waals surface area contributed by atoms with Gasteiger partial charge in [0.1, 0.15) is 0 Å². The molecule has 1 unspecified atom stereocenters. The van der Waals surface area contributed by atoms with Gasteiger partial charge >= 0.3 is 11.9 Å². The van der Waals surface area contributed by atoms with Crippen LogP contribution in [-0.4, -0.2) is 61.4 Å². The van der Waals surface area contributed by atoms with E-state index in [1.807, 2.05) is 18.8 Å². The quantitative estimate of drug-likeness (QED) is 0.0979. The normalized spacial score (nSPS) is 15.4. The predicted octanol–water partition coefficient (Wildman–Crippen LogP) is 6.27. The zero-order chi connectivity index (χ0) is 31.9. The van der Waals surface area contributed by atoms with Gasteiger partial charge in [-0.1, -0.05) is 45.0 Å². The molecule has 2 aromatic rings. The molecule has 232 valence electrons. The van der Waals surface area contributed by atoms with Crippen LogP contribution in [0, 0.1) is 17.0 Å². The molecule has 1 N–H and O–H groups in total. The minimum atomic E-state index is -0.873. The zero-order valence-corrected chi connectivity index (χ0v) is 27.2. The van der Waals surface area contributed by atoms with Crippen molar-refractivity contribution >= 4 is 29.4 Å². The molecule has 0 fully saturated rings. The van der Waals surface area contributed by atoms with Crippen LogP contribution in [0.4, 0.5) is 5.69 Å². The Labute approximate surface area is 258 Å². The number of esters is 2. The van der Waals surface area contributed by atoms with Crippen molar-refractivity contribution in [1.29, 1.82) is 0 Å². The molecule has 0 saturated carbocycles. The third-order valence-corrected chi connectivity index (χ3v) is 8.64. The molecule has 1 aliphatic heterocycles. The van der Waals surface area contributed by atoms with Gasteiger partial charge in [-0.2, -0.15) is 0 Å². The SMILES string of the molecule is COC(=O)C1=C(C)NC(C)=C(C(=O)OCCCN(C)CCSc2ccc(C(C)(C)C)cc2C)C1c1cccc([N+](=O)[O-])c1. The summed E-state index contributed by atoms with van der Waals surface area (Å²) in [4.78, 5) is 40.7. The van der Waals surface area contributed by atoms with Crippen LogP contribution in [0.15, 0.2) is 69.9 Å². The summed E-state index contributed by atoms with van der Waals surface area (Å²) in [6, 6.07) is 12.6. The first-order chi connectivity index (χ1) is 20.2. The second-order valence-corrected chi connectivity index (χ2v) is 13.0. The Hall–Kier alpha value is -3.63. The van der Waals surface area contributed by atoms with Crippen LogP contribution in [0.5, 0.6) is 0 Å². The maximum atomic E-state index is 13.4. The number of nitro benzene ring substituents is 1. The van der Waals surface area contributed by atoms with Gasteiger partial charge in [-0.3, -0.25) is 10.1 Å². The highest BCUT2D eigenvalue weighted by molar-refractivity contribution is 7.99. The van der Waals surface area contributed by atoms with Crippen molar-refractivity contribution in [3.63, 3.8) is 0 Å². The lowest BCUT2D eigenvalue weighted by atomic mass is 9.80. The van der Waals surface area contributed by atoms with Gasteiger partial charge in [-0.25, -0.2) is 9.59 Å². The summed E-state index contributed by atoms with van der Waals surface area (Å²) < 4.78 is 10.7. The molecule has 1 atom stereocenters. The highest BCUT2D eigenvalue weighted by Gasteiger charge is 2.38. The van der Waals surface area contributed by atoms with Gasteiger partial charge in [0.25, 0.3) is 5.69 Å². The largest absolute Gasteiger partial charge is 0.466 e. The molecule has 43 heavy (non-hydrogen) atoms. The second-order valence-electron chi connectivity index (χ2n) is 11.9. The van der Waals surface area contributed by atoms with Gasteiger partial charge in [0.15, 0.2) is 0 Å². The smallest absolute Gasteiger partial charge is 0.336 e. The minimum absolute atomic E-state index is 0.128. The molecule has 3 rings (SSSR count). The van der Waals surface area contributed by atoms with Crippen LogP contribution < -0.4 is 5.32 Å². The number of ether oxygens (including phenoxy) is 2. The van der Waals surface area contributed by atoms with Crippen molar-refractivity contribution in [1.82, 2.24) is 10.2 Å². The van der Waals surface area contributed by atoms with E-state index in [0.717, 1.165) is 18.8 Å². The first-order valence-corrected chi connectivity index (χ1v) is 15.3. The minimum Gasteiger partial charge on any atom is -0.466 e. The number of aryl methyl sites for hydroxylation is 1. The first-order valence-electron chi connectivity index (χ1n) is 14.4. The molecule has 9 nitrogen and oxygen atoms in total. The Morgan fingerprint density at radius 1 is 1.02 bits per heavy atom. The highest BCUT2D eigenvalue weighted by Crippen LogP contribution is 2.40. The topological polar surface area (TPSA) is 111 Å². The third-order valence-electron chi connectivity index (χ3n) is 7.49. The summed E-state index contributed by atoms with van der Waals surface area (Å²) in [6.45, 7) is 14.1. The van der Waals surface area contributed by atoms with E-state index in [1.54, 1.807) is 19.9 Å². The van der Waals surface area contributed by atoms with E-state index in [-0.39, 0.29) is 28.9 Å². The summed E-state index contributed by atoms with van der Waals surface area (Å²) in [5, 5.41) is 14.5. The van der Waals surface area contributed by atoms with Crippen molar-refractivity contribution in [2.45, 2.75) is 64.2 Å². The Morgan fingerprint density at radius 2 is 1.70 bits per heavy atom. The fourth-order valence-electron chi connectivity index (χ4n) is 5.07. The van der Waals surface area contributed by atoms with Gasteiger partial charge in [0.2, 0.25) is 0 Å². The third kappa shape index (κ3) is 8.70. The number of carbonyl (C=O) groups excluding carboxylic acids is 2. The number of carbonyl (C=O) groups is 2. The van der Waals surface area contributed by atoms with Crippen molar-refractivity contribution in [2.75, 3.05) is 39.6 Å². The summed E-state index contributed by atoms with van der Waals surface area (Å²) in [7, 11) is 3.30. The van der Waals surface area contributed by atoms with E-state index in [0.29, 0.717) is 23.4 Å². The number of nitrogens with zero attached hydrogens (tertiary/aromatic N) is 2. The molecule has 0 spiro atoms. The average molecular weight is 610 g/mol. The molecule has 0 radical (unpaired) electrons. The number of nitrogens with one attached hydrogen (secondary N) is 1. The van der Waals surface area contributed by atoms with E-state index in [9.17, 15) is 19.7 Å². The van der Waals surface area contributed by atoms with Crippen LogP contribution in [-0.2, 0) is 24.5 Å². The number of benzene rings is 2.